The number of piperidine rings is 1. The third-order valence-electron chi connectivity index (χ3n) is 4.75. The zero-order valence-corrected chi connectivity index (χ0v) is 14.5. The molecular formula is C18H24FN3S. The lowest BCUT2D eigenvalue weighted by Crippen LogP contribution is -2.40. The van der Waals surface area contributed by atoms with Gasteiger partial charge in [0, 0.05) is 29.7 Å². The van der Waals surface area contributed by atoms with Gasteiger partial charge in [-0.25, -0.2) is 4.39 Å². The van der Waals surface area contributed by atoms with Gasteiger partial charge >= 0.3 is 0 Å². The van der Waals surface area contributed by atoms with Crippen LogP contribution in [0, 0.1) is 11.7 Å². The summed E-state index contributed by atoms with van der Waals surface area (Å²) in [5.74, 6) is 0.307. The van der Waals surface area contributed by atoms with E-state index in [-0.39, 0.29) is 11.9 Å². The highest BCUT2D eigenvalue weighted by Gasteiger charge is 2.31. The standard InChI is InChI=1S/C18H24FN3S/c1-13(15-9-16(19)12-20-10-15)21-11-14-5-3-7-22(2)18(14)17-6-4-8-23-17/h4,6,8-10,12-14,18,21H,3,5,7,11H2,1-2H3/t13-,14-,18-/m0/s1. The lowest BCUT2D eigenvalue weighted by atomic mass is 9.88. The average molecular weight is 333 g/mol. The minimum Gasteiger partial charge on any atom is -0.310 e. The van der Waals surface area contributed by atoms with Crippen LogP contribution >= 0.6 is 11.3 Å². The molecular weight excluding hydrogens is 309 g/mol. The van der Waals surface area contributed by atoms with Crippen molar-refractivity contribution in [2.75, 3.05) is 20.1 Å². The third-order valence-corrected chi connectivity index (χ3v) is 5.70. The Labute approximate surface area is 141 Å². The van der Waals surface area contributed by atoms with Gasteiger partial charge in [-0.2, -0.15) is 0 Å². The van der Waals surface area contributed by atoms with Crippen molar-refractivity contribution in [2.45, 2.75) is 31.8 Å². The summed E-state index contributed by atoms with van der Waals surface area (Å²) in [6.45, 7) is 4.16. The second-order valence-corrected chi connectivity index (χ2v) is 7.39. The highest BCUT2D eigenvalue weighted by molar-refractivity contribution is 7.10. The Bertz CT molecular complexity index is 616. The molecule has 124 valence electrons. The number of nitrogens with one attached hydrogen (secondary N) is 1. The molecule has 0 spiro atoms. The Morgan fingerprint density at radius 2 is 2.35 bits per heavy atom. The van der Waals surface area contributed by atoms with Crippen LogP contribution in [-0.4, -0.2) is 30.0 Å². The number of likely N-dealkylation sites (tertiary alicyclic amines) is 1. The number of rotatable bonds is 5. The van der Waals surface area contributed by atoms with Crippen LogP contribution in [0.2, 0.25) is 0 Å². The summed E-state index contributed by atoms with van der Waals surface area (Å²) < 4.78 is 13.3. The van der Waals surface area contributed by atoms with E-state index in [1.807, 2.05) is 11.3 Å². The molecule has 0 aromatic carbocycles. The predicted molar refractivity (Wildman–Crippen MR) is 93.0 cm³/mol. The smallest absolute Gasteiger partial charge is 0.141 e. The molecule has 1 aliphatic heterocycles. The van der Waals surface area contributed by atoms with E-state index in [0.29, 0.717) is 12.0 Å². The minimum atomic E-state index is -0.273. The van der Waals surface area contributed by atoms with Crippen LogP contribution < -0.4 is 5.32 Å². The molecule has 1 fully saturated rings. The van der Waals surface area contributed by atoms with Crippen molar-refractivity contribution in [1.29, 1.82) is 0 Å². The molecule has 0 amide bonds. The van der Waals surface area contributed by atoms with Gasteiger partial charge in [0.15, 0.2) is 0 Å². The first-order chi connectivity index (χ1) is 11.1. The normalized spacial score (nSPS) is 23.8. The summed E-state index contributed by atoms with van der Waals surface area (Å²) in [7, 11) is 2.22. The number of halogens is 1. The monoisotopic (exact) mass is 333 g/mol. The van der Waals surface area contributed by atoms with Crippen molar-refractivity contribution >= 4 is 11.3 Å². The van der Waals surface area contributed by atoms with Crippen LogP contribution in [0.25, 0.3) is 0 Å². The van der Waals surface area contributed by atoms with Gasteiger partial charge in [0.1, 0.15) is 5.82 Å². The molecule has 0 aliphatic carbocycles. The van der Waals surface area contributed by atoms with E-state index in [1.54, 1.807) is 12.3 Å². The zero-order valence-electron chi connectivity index (χ0n) is 13.7. The van der Waals surface area contributed by atoms with Crippen LogP contribution in [0.1, 0.15) is 42.3 Å². The fourth-order valence-corrected chi connectivity index (χ4v) is 4.48. The summed E-state index contributed by atoms with van der Waals surface area (Å²) in [6, 6.07) is 6.52. The molecule has 0 bridgehead atoms. The van der Waals surface area contributed by atoms with Gasteiger partial charge < -0.3 is 5.32 Å². The molecule has 3 nitrogen and oxygen atoms in total. The number of hydrogen-bond donors (Lipinski definition) is 1. The van der Waals surface area contributed by atoms with Crippen molar-refractivity contribution in [2.24, 2.45) is 5.92 Å². The second kappa shape index (κ2) is 7.51. The van der Waals surface area contributed by atoms with Gasteiger partial charge in [-0.05, 0) is 62.4 Å². The van der Waals surface area contributed by atoms with Crippen LogP contribution in [0.3, 0.4) is 0 Å². The lowest BCUT2D eigenvalue weighted by molar-refractivity contribution is 0.120. The Balaban J connectivity index is 1.66. The Morgan fingerprint density at radius 1 is 1.48 bits per heavy atom. The van der Waals surface area contributed by atoms with Crippen molar-refractivity contribution in [3.05, 3.63) is 52.2 Å². The Kier molecular flexibility index (Phi) is 5.41. The summed E-state index contributed by atoms with van der Waals surface area (Å²) in [4.78, 5) is 7.86. The zero-order chi connectivity index (χ0) is 16.2. The first-order valence-corrected chi connectivity index (χ1v) is 9.10. The quantitative estimate of drug-likeness (QED) is 0.896. The fraction of sp³-hybridized carbons (Fsp3) is 0.500. The van der Waals surface area contributed by atoms with Gasteiger partial charge in [-0.3, -0.25) is 9.88 Å². The number of aromatic nitrogens is 1. The molecule has 23 heavy (non-hydrogen) atoms. The molecule has 2 aromatic heterocycles. The van der Waals surface area contributed by atoms with E-state index in [0.717, 1.165) is 18.7 Å². The van der Waals surface area contributed by atoms with Crippen molar-refractivity contribution in [3.8, 4) is 0 Å². The molecule has 0 radical (unpaired) electrons. The first-order valence-electron chi connectivity index (χ1n) is 8.22. The summed E-state index contributed by atoms with van der Waals surface area (Å²) in [5, 5.41) is 5.74. The van der Waals surface area contributed by atoms with Gasteiger partial charge in [0.05, 0.1) is 6.20 Å². The van der Waals surface area contributed by atoms with Gasteiger partial charge in [0.25, 0.3) is 0 Å². The van der Waals surface area contributed by atoms with Crippen molar-refractivity contribution in [3.63, 3.8) is 0 Å². The van der Waals surface area contributed by atoms with E-state index in [4.69, 9.17) is 0 Å². The molecule has 2 aromatic rings. The molecule has 1 N–H and O–H groups in total. The van der Waals surface area contributed by atoms with Crippen LogP contribution in [0.5, 0.6) is 0 Å². The Morgan fingerprint density at radius 3 is 3.09 bits per heavy atom. The molecule has 1 saturated heterocycles. The first kappa shape index (κ1) is 16.6. The van der Waals surface area contributed by atoms with E-state index in [2.05, 4.69) is 46.7 Å². The summed E-state index contributed by atoms with van der Waals surface area (Å²) in [5.41, 5.74) is 0.904. The van der Waals surface area contributed by atoms with E-state index in [1.165, 1.54) is 23.9 Å². The molecule has 3 atom stereocenters. The second-order valence-electron chi connectivity index (χ2n) is 6.41. The van der Waals surface area contributed by atoms with Gasteiger partial charge in [-0.15, -0.1) is 11.3 Å². The molecule has 0 unspecified atom stereocenters. The molecule has 3 rings (SSSR count). The number of nitrogens with zero attached hydrogens (tertiary/aromatic N) is 2. The predicted octanol–water partition coefficient (Wildman–Crippen LogP) is 4.02. The summed E-state index contributed by atoms with van der Waals surface area (Å²) >= 11 is 1.84. The lowest BCUT2D eigenvalue weighted by Gasteiger charge is -2.39. The largest absolute Gasteiger partial charge is 0.310 e. The third kappa shape index (κ3) is 3.97. The molecule has 5 heteroatoms. The van der Waals surface area contributed by atoms with Crippen LogP contribution in [-0.2, 0) is 0 Å². The topological polar surface area (TPSA) is 28.2 Å². The highest BCUT2D eigenvalue weighted by Crippen LogP contribution is 2.37. The molecule has 3 heterocycles. The van der Waals surface area contributed by atoms with E-state index < -0.39 is 0 Å². The number of pyridine rings is 1. The molecule has 0 saturated carbocycles. The van der Waals surface area contributed by atoms with E-state index >= 15 is 0 Å². The van der Waals surface area contributed by atoms with Crippen molar-refractivity contribution < 1.29 is 4.39 Å². The van der Waals surface area contributed by atoms with Gasteiger partial charge in [0.2, 0.25) is 0 Å². The minimum absolute atomic E-state index is 0.106. The number of hydrogen-bond acceptors (Lipinski definition) is 4. The maximum atomic E-state index is 13.3. The van der Waals surface area contributed by atoms with Crippen LogP contribution in [0.4, 0.5) is 4.39 Å². The Hall–Kier alpha value is -1.30. The average Bonchev–Trinajstić information content (AvgIpc) is 3.06. The molecule has 1 aliphatic rings. The fourth-order valence-electron chi connectivity index (χ4n) is 3.49. The van der Waals surface area contributed by atoms with Crippen molar-refractivity contribution in [1.82, 2.24) is 15.2 Å². The van der Waals surface area contributed by atoms with Crippen LogP contribution in [0.15, 0.2) is 36.0 Å². The highest BCUT2D eigenvalue weighted by atomic mass is 32.1. The summed E-state index contributed by atoms with van der Waals surface area (Å²) in [6.07, 6.45) is 5.46. The number of thiophene rings is 1. The SMILES string of the molecule is C[C@H](NC[C@@H]1CCCN(C)[C@@H]1c1cccs1)c1cncc(F)c1. The van der Waals surface area contributed by atoms with E-state index in [9.17, 15) is 4.39 Å². The van der Waals surface area contributed by atoms with Gasteiger partial charge in [-0.1, -0.05) is 6.07 Å². The maximum absolute atomic E-state index is 13.3. The maximum Gasteiger partial charge on any atom is 0.141 e.